The molecule has 2 aliphatic heterocycles. The molecule has 1 aromatic rings. The molecule has 1 unspecified atom stereocenters. The fourth-order valence-corrected chi connectivity index (χ4v) is 3.53. The van der Waals surface area contributed by atoms with Crippen molar-refractivity contribution in [2.24, 2.45) is 5.41 Å². The average molecular weight is 359 g/mol. The summed E-state index contributed by atoms with van der Waals surface area (Å²) < 4.78 is 0. The van der Waals surface area contributed by atoms with Crippen LogP contribution in [0.2, 0.25) is 0 Å². The van der Waals surface area contributed by atoms with E-state index in [4.69, 9.17) is 0 Å². The molecule has 2 heterocycles. The minimum atomic E-state index is -0.864. The Morgan fingerprint density at radius 2 is 2.04 bits per heavy atom. The Morgan fingerprint density at radius 1 is 1.27 bits per heavy atom. The van der Waals surface area contributed by atoms with E-state index in [0.29, 0.717) is 32.5 Å². The van der Waals surface area contributed by atoms with Gasteiger partial charge in [0, 0.05) is 39.1 Å². The predicted molar refractivity (Wildman–Crippen MR) is 95.3 cm³/mol. The Balaban J connectivity index is 1.53. The van der Waals surface area contributed by atoms with Crippen LogP contribution < -0.4 is 5.32 Å². The van der Waals surface area contributed by atoms with Crippen LogP contribution in [0.5, 0.6) is 0 Å². The highest BCUT2D eigenvalue weighted by Gasteiger charge is 2.42. The summed E-state index contributed by atoms with van der Waals surface area (Å²) >= 11 is 0. The van der Waals surface area contributed by atoms with Gasteiger partial charge in [-0.25, -0.2) is 4.79 Å². The van der Waals surface area contributed by atoms with Gasteiger partial charge in [0.25, 0.3) is 0 Å². The predicted octanol–water partition coefficient (Wildman–Crippen LogP) is 1.82. The van der Waals surface area contributed by atoms with Gasteiger partial charge >= 0.3 is 12.0 Å². The first-order chi connectivity index (χ1) is 12.4. The van der Waals surface area contributed by atoms with E-state index in [1.165, 1.54) is 0 Å². The SMILES string of the molecule is CC1(C(=O)O)CCN(C(=O)NCc2cccc(CN3CCCC3=O)c2)C1. The maximum absolute atomic E-state index is 12.3. The minimum Gasteiger partial charge on any atom is -0.481 e. The summed E-state index contributed by atoms with van der Waals surface area (Å²) in [6.07, 6.45) is 2.01. The molecular formula is C19H25N3O4. The number of hydrogen-bond acceptors (Lipinski definition) is 3. The molecule has 3 rings (SSSR count). The van der Waals surface area contributed by atoms with Gasteiger partial charge < -0.3 is 20.2 Å². The number of carbonyl (C=O) groups is 3. The molecule has 0 spiro atoms. The number of hydrogen-bond donors (Lipinski definition) is 2. The number of benzene rings is 1. The molecule has 2 aliphatic rings. The summed E-state index contributed by atoms with van der Waals surface area (Å²) in [6.45, 7) is 4.13. The molecule has 0 radical (unpaired) electrons. The maximum atomic E-state index is 12.3. The third kappa shape index (κ3) is 3.98. The van der Waals surface area contributed by atoms with Crippen molar-refractivity contribution in [1.82, 2.24) is 15.1 Å². The molecule has 2 saturated heterocycles. The van der Waals surface area contributed by atoms with Gasteiger partial charge in [-0.3, -0.25) is 9.59 Å². The second-order valence-corrected chi connectivity index (χ2v) is 7.43. The number of carboxylic acid groups (broad SMARTS) is 1. The third-order valence-electron chi connectivity index (χ3n) is 5.26. The number of amides is 3. The van der Waals surface area contributed by atoms with Crippen molar-refractivity contribution in [3.63, 3.8) is 0 Å². The molecule has 0 saturated carbocycles. The van der Waals surface area contributed by atoms with Crippen LogP contribution in [-0.2, 0) is 22.7 Å². The standard InChI is InChI=1S/C19H25N3O4/c1-19(17(24)25)7-9-22(13-19)18(26)20-11-14-4-2-5-15(10-14)12-21-8-3-6-16(21)23/h2,4-5,10H,3,6-9,11-13H2,1H3,(H,20,26)(H,24,25). The number of carbonyl (C=O) groups excluding carboxylic acids is 2. The van der Waals surface area contributed by atoms with Gasteiger partial charge in [0.15, 0.2) is 0 Å². The zero-order chi connectivity index (χ0) is 18.7. The van der Waals surface area contributed by atoms with Gasteiger partial charge in [0.2, 0.25) is 5.91 Å². The number of urea groups is 1. The number of carboxylic acids is 1. The third-order valence-corrected chi connectivity index (χ3v) is 5.26. The van der Waals surface area contributed by atoms with Crippen LogP contribution in [-0.4, -0.2) is 52.4 Å². The zero-order valence-corrected chi connectivity index (χ0v) is 15.0. The van der Waals surface area contributed by atoms with Crippen molar-refractivity contribution in [3.05, 3.63) is 35.4 Å². The first kappa shape index (κ1) is 18.2. The van der Waals surface area contributed by atoms with Crippen molar-refractivity contribution in [2.45, 2.75) is 39.3 Å². The number of aliphatic carboxylic acids is 1. The molecule has 1 aromatic carbocycles. The van der Waals surface area contributed by atoms with Gasteiger partial charge in [-0.1, -0.05) is 24.3 Å². The van der Waals surface area contributed by atoms with Gasteiger partial charge in [0.1, 0.15) is 0 Å². The molecule has 7 heteroatoms. The Labute approximate surface area is 153 Å². The highest BCUT2D eigenvalue weighted by molar-refractivity contribution is 5.79. The van der Waals surface area contributed by atoms with E-state index in [9.17, 15) is 19.5 Å². The van der Waals surface area contributed by atoms with Crippen LogP contribution in [0.15, 0.2) is 24.3 Å². The number of rotatable bonds is 5. The lowest BCUT2D eigenvalue weighted by molar-refractivity contribution is -0.147. The summed E-state index contributed by atoms with van der Waals surface area (Å²) in [5.74, 6) is -0.670. The smallest absolute Gasteiger partial charge is 0.317 e. The fourth-order valence-electron chi connectivity index (χ4n) is 3.53. The molecule has 0 bridgehead atoms. The fraction of sp³-hybridized carbons (Fsp3) is 0.526. The molecule has 26 heavy (non-hydrogen) atoms. The van der Waals surface area contributed by atoms with Crippen molar-refractivity contribution >= 4 is 17.9 Å². The quantitative estimate of drug-likeness (QED) is 0.839. The van der Waals surface area contributed by atoms with Gasteiger partial charge in [-0.2, -0.15) is 0 Å². The highest BCUT2D eigenvalue weighted by Crippen LogP contribution is 2.30. The van der Waals surface area contributed by atoms with Crippen LogP contribution in [0.3, 0.4) is 0 Å². The van der Waals surface area contributed by atoms with Crippen LogP contribution >= 0.6 is 0 Å². The van der Waals surface area contributed by atoms with Gasteiger partial charge in [-0.05, 0) is 30.9 Å². The summed E-state index contributed by atoms with van der Waals surface area (Å²) in [5.41, 5.74) is 1.15. The van der Waals surface area contributed by atoms with Crippen molar-refractivity contribution in [1.29, 1.82) is 0 Å². The second-order valence-electron chi connectivity index (χ2n) is 7.43. The molecular weight excluding hydrogens is 334 g/mol. The van der Waals surface area contributed by atoms with E-state index in [-0.39, 0.29) is 18.5 Å². The Morgan fingerprint density at radius 3 is 2.69 bits per heavy atom. The molecule has 3 amide bonds. The van der Waals surface area contributed by atoms with E-state index in [1.807, 2.05) is 29.2 Å². The normalized spacial score (nSPS) is 22.7. The van der Waals surface area contributed by atoms with Gasteiger partial charge in [-0.15, -0.1) is 0 Å². The molecule has 2 N–H and O–H groups in total. The monoisotopic (exact) mass is 359 g/mol. The van der Waals surface area contributed by atoms with E-state index in [0.717, 1.165) is 24.1 Å². The molecule has 140 valence electrons. The highest BCUT2D eigenvalue weighted by atomic mass is 16.4. The summed E-state index contributed by atoms with van der Waals surface area (Å²) in [7, 11) is 0. The largest absolute Gasteiger partial charge is 0.481 e. The Hall–Kier alpha value is -2.57. The van der Waals surface area contributed by atoms with Crippen LogP contribution in [0.1, 0.15) is 37.3 Å². The minimum absolute atomic E-state index is 0.194. The zero-order valence-electron chi connectivity index (χ0n) is 15.0. The van der Waals surface area contributed by atoms with Crippen molar-refractivity contribution in [3.8, 4) is 0 Å². The van der Waals surface area contributed by atoms with E-state index < -0.39 is 11.4 Å². The molecule has 7 nitrogen and oxygen atoms in total. The maximum Gasteiger partial charge on any atom is 0.317 e. The van der Waals surface area contributed by atoms with E-state index in [2.05, 4.69) is 5.32 Å². The molecule has 2 fully saturated rings. The lowest BCUT2D eigenvalue weighted by Gasteiger charge is -2.20. The lowest BCUT2D eigenvalue weighted by atomic mass is 9.90. The average Bonchev–Trinajstić information content (AvgIpc) is 3.20. The summed E-state index contributed by atoms with van der Waals surface area (Å²) in [4.78, 5) is 38.8. The van der Waals surface area contributed by atoms with E-state index >= 15 is 0 Å². The molecule has 1 atom stereocenters. The Bertz CT molecular complexity index is 720. The molecule has 0 aliphatic carbocycles. The molecule has 0 aromatic heterocycles. The van der Waals surface area contributed by atoms with Crippen LogP contribution in [0.25, 0.3) is 0 Å². The summed E-state index contributed by atoms with van der Waals surface area (Å²) in [5, 5.41) is 12.1. The number of nitrogens with zero attached hydrogens (tertiary/aromatic N) is 2. The summed E-state index contributed by atoms with van der Waals surface area (Å²) in [6, 6.07) is 7.60. The lowest BCUT2D eigenvalue weighted by Crippen LogP contribution is -2.40. The first-order valence-corrected chi connectivity index (χ1v) is 8.99. The van der Waals surface area contributed by atoms with Crippen molar-refractivity contribution < 1.29 is 19.5 Å². The number of likely N-dealkylation sites (tertiary alicyclic amines) is 2. The van der Waals surface area contributed by atoms with E-state index in [1.54, 1.807) is 11.8 Å². The number of nitrogens with one attached hydrogen (secondary N) is 1. The van der Waals surface area contributed by atoms with Crippen LogP contribution in [0, 0.1) is 5.41 Å². The Kier molecular flexibility index (Phi) is 5.15. The van der Waals surface area contributed by atoms with Crippen molar-refractivity contribution in [2.75, 3.05) is 19.6 Å². The van der Waals surface area contributed by atoms with Crippen LogP contribution in [0.4, 0.5) is 4.79 Å². The second kappa shape index (κ2) is 7.35. The topological polar surface area (TPSA) is 89.9 Å². The van der Waals surface area contributed by atoms with Gasteiger partial charge in [0.05, 0.1) is 5.41 Å². The first-order valence-electron chi connectivity index (χ1n) is 8.99.